The van der Waals surface area contributed by atoms with Crippen LogP contribution in [0.1, 0.15) is 31.1 Å². The van der Waals surface area contributed by atoms with Crippen LogP contribution in [0, 0.1) is 10.1 Å². The van der Waals surface area contributed by atoms with Crippen molar-refractivity contribution in [3.8, 4) is 11.3 Å². The van der Waals surface area contributed by atoms with Gasteiger partial charge in [0.05, 0.1) is 11.0 Å². The number of piperidine rings is 1. The van der Waals surface area contributed by atoms with E-state index >= 15 is 0 Å². The summed E-state index contributed by atoms with van der Waals surface area (Å²) in [4.78, 5) is 10.4. The molecule has 0 unspecified atom stereocenters. The molecule has 0 amide bonds. The van der Waals surface area contributed by atoms with Gasteiger partial charge in [-0.05, 0) is 31.5 Å². The molecular formula is C15H16N2O3. The zero-order valence-electron chi connectivity index (χ0n) is 11.0. The molecule has 0 radical (unpaired) electrons. The van der Waals surface area contributed by atoms with Gasteiger partial charge < -0.3 is 9.73 Å². The maximum atomic E-state index is 10.8. The fraction of sp³-hybridized carbons (Fsp3) is 0.333. The monoisotopic (exact) mass is 272 g/mol. The molecule has 1 saturated heterocycles. The minimum Gasteiger partial charge on any atom is -0.459 e. The first kappa shape index (κ1) is 12.9. The number of hydrogen-bond donors (Lipinski definition) is 1. The van der Waals surface area contributed by atoms with E-state index in [9.17, 15) is 10.1 Å². The molecule has 0 bridgehead atoms. The molecule has 1 fully saturated rings. The molecule has 1 atom stereocenters. The van der Waals surface area contributed by atoms with E-state index in [-0.39, 0.29) is 11.7 Å². The summed E-state index contributed by atoms with van der Waals surface area (Å²) >= 11 is 0. The third-order valence-corrected chi connectivity index (χ3v) is 3.62. The Bertz CT molecular complexity index is 615. The van der Waals surface area contributed by atoms with E-state index < -0.39 is 4.92 Å². The van der Waals surface area contributed by atoms with Crippen LogP contribution >= 0.6 is 0 Å². The van der Waals surface area contributed by atoms with Gasteiger partial charge in [-0.2, -0.15) is 0 Å². The number of nitro groups is 1. The molecular weight excluding hydrogens is 256 g/mol. The van der Waals surface area contributed by atoms with Gasteiger partial charge in [-0.25, -0.2) is 0 Å². The average Bonchev–Trinajstić information content (AvgIpc) is 2.98. The Morgan fingerprint density at radius 1 is 1.25 bits per heavy atom. The second-order valence-electron chi connectivity index (χ2n) is 5.01. The molecule has 0 aliphatic carbocycles. The van der Waals surface area contributed by atoms with Crippen molar-refractivity contribution in [3.05, 3.63) is 52.3 Å². The van der Waals surface area contributed by atoms with Gasteiger partial charge in [-0.15, -0.1) is 0 Å². The van der Waals surface area contributed by atoms with Crippen LogP contribution in [0.25, 0.3) is 11.3 Å². The summed E-state index contributed by atoms with van der Waals surface area (Å²) in [6.45, 7) is 1.01. The normalized spacial score (nSPS) is 18.9. The van der Waals surface area contributed by atoms with Gasteiger partial charge in [-0.1, -0.05) is 18.6 Å². The van der Waals surface area contributed by atoms with Gasteiger partial charge in [0.15, 0.2) is 0 Å². The molecule has 1 aliphatic rings. The number of benzene rings is 1. The van der Waals surface area contributed by atoms with E-state index in [2.05, 4.69) is 5.32 Å². The molecule has 1 aromatic heterocycles. The Labute approximate surface area is 116 Å². The molecule has 2 heterocycles. The van der Waals surface area contributed by atoms with Crippen LogP contribution in [0.15, 0.2) is 40.8 Å². The summed E-state index contributed by atoms with van der Waals surface area (Å²) in [7, 11) is 0. The van der Waals surface area contributed by atoms with Gasteiger partial charge in [0.2, 0.25) is 0 Å². The fourth-order valence-corrected chi connectivity index (χ4v) is 2.56. The van der Waals surface area contributed by atoms with Crippen molar-refractivity contribution in [1.82, 2.24) is 5.32 Å². The molecule has 5 heteroatoms. The van der Waals surface area contributed by atoms with Crippen molar-refractivity contribution in [2.24, 2.45) is 0 Å². The third kappa shape index (κ3) is 2.58. The standard InChI is InChI=1S/C15H16N2O3/c18-17(19)12-5-3-4-11(10-12)14-7-8-15(20-14)13-6-1-2-9-16-13/h3-5,7-8,10,13,16H,1-2,6,9H2/t13-/m1/s1. The highest BCUT2D eigenvalue weighted by molar-refractivity contribution is 5.61. The van der Waals surface area contributed by atoms with Crippen LogP contribution in [0.3, 0.4) is 0 Å². The Hall–Kier alpha value is -2.14. The minimum atomic E-state index is -0.393. The summed E-state index contributed by atoms with van der Waals surface area (Å²) in [5.41, 5.74) is 0.817. The fourth-order valence-electron chi connectivity index (χ4n) is 2.56. The van der Waals surface area contributed by atoms with Crippen LogP contribution in [-0.2, 0) is 0 Å². The van der Waals surface area contributed by atoms with Gasteiger partial charge in [0.25, 0.3) is 5.69 Å². The maximum Gasteiger partial charge on any atom is 0.270 e. The van der Waals surface area contributed by atoms with Crippen molar-refractivity contribution in [2.75, 3.05) is 6.54 Å². The van der Waals surface area contributed by atoms with E-state index in [0.29, 0.717) is 5.76 Å². The lowest BCUT2D eigenvalue weighted by atomic mass is 10.0. The quantitative estimate of drug-likeness (QED) is 0.683. The Morgan fingerprint density at radius 2 is 2.15 bits per heavy atom. The molecule has 3 rings (SSSR count). The number of nitro benzene ring substituents is 1. The highest BCUT2D eigenvalue weighted by Crippen LogP contribution is 2.30. The van der Waals surface area contributed by atoms with E-state index in [4.69, 9.17) is 4.42 Å². The summed E-state index contributed by atoms with van der Waals surface area (Å²) in [5, 5.41) is 14.2. The van der Waals surface area contributed by atoms with E-state index in [1.165, 1.54) is 25.0 Å². The zero-order chi connectivity index (χ0) is 13.9. The predicted molar refractivity (Wildman–Crippen MR) is 75.4 cm³/mol. The molecule has 1 aliphatic heterocycles. The lowest BCUT2D eigenvalue weighted by Crippen LogP contribution is -2.26. The molecule has 0 spiro atoms. The largest absolute Gasteiger partial charge is 0.459 e. The molecule has 5 nitrogen and oxygen atoms in total. The van der Waals surface area contributed by atoms with Gasteiger partial charge in [-0.3, -0.25) is 10.1 Å². The lowest BCUT2D eigenvalue weighted by molar-refractivity contribution is -0.384. The summed E-state index contributed by atoms with van der Waals surface area (Å²) in [5.74, 6) is 1.59. The molecule has 20 heavy (non-hydrogen) atoms. The number of hydrogen-bond acceptors (Lipinski definition) is 4. The van der Waals surface area contributed by atoms with Gasteiger partial charge in [0.1, 0.15) is 11.5 Å². The van der Waals surface area contributed by atoms with Gasteiger partial charge >= 0.3 is 0 Å². The average molecular weight is 272 g/mol. The highest BCUT2D eigenvalue weighted by Gasteiger charge is 2.18. The van der Waals surface area contributed by atoms with Crippen LogP contribution < -0.4 is 5.32 Å². The molecule has 0 saturated carbocycles. The van der Waals surface area contributed by atoms with Crippen LogP contribution in [-0.4, -0.2) is 11.5 Å². The first-order chi connectivity index (χ1) is 9.74. The van der Waals surface area contributed by atoms with Crippen molar-refractivity contribution < 1.29 is 9.34 Å². The first-order valence-electron chi connectivity index (χ1n) is 6.82. The Kier molecular flexibility index (Phi) is 3.52. The topological polar surface area (TPSA) is 68.3 Å². The van der Waals surface area contributed by atoms with Crippen molar-refractivity contribution in [1.29, 1.82) is 0 Å². The molecule has 2 aromatic rings. The zero-order valence-corrected chi connectivity index (χ0v) is 11.0. The van der Waals surface area contributed by atoms with Crippen molar-refractivity contribution in [2.45, 2.75) is 25.3 Å². The second-order valence-corrected chi connectivity index (χ2v) is 5.01. The number of furan rings is 1. The number of rotatable bonds is 3. The van der Waals surface area contributed by atoms with E-state index in [1.54, 1.807) is 6.07 Å². The second kappa shape index (κ2) is 5.46. The van der Waals surface area contributed by atoms with Gasteiger partial charge in [0, 0.05) is 17.7 Å². The maximum absolute atomic E-state index is 10.8. The van der Waals surface area contributed by atoms with E-state index in [0.717, 1.165) is 24.3 Å². The summed E-state index contributed by atoms with van der Waals surface area (Å²) in [6, 6.07) is 10.6. The summed E-state index contributed by atoms with van der Waals surface area (Å²) < 4.78 is 5.86. The third-order valence-electron chi connectivity index (χ3n) is 3.62. The molecule has 104 valence electrons. The van der Waals surface area contributed by atoms with Crippen molar-refractivity contribution >= 4 is 5.69 Å². The van der Waals surface area contributed by atoms with Crippen molar-refractivity contribution in [3.63, 3.8) is 0 Å². The molecule has 1 N–H and O–H groups in total. The number of nitrogens with one attached hydrogen (secondary N) is 1. The highest BCUT2D eigenvalue weighted by atomic mass is 16.6. The minimum absolute atomic E-state index is 0.0799. The number of nitrogens with zero attached hydrogens (tertiary/aromatic N) is 1. The predicted octanol–water partition coefficient (Wildman–Crippen LogP) is 3.67. The summed E-state index contributed by atoms with van der Waals surface area (Å²) in [6.07, 6.45) is 3.47. The number of non-ortho nitro benzene ring substituents is 1. The van der Waals surface area contributed by atoms with E-state index in [1.807, 2.05) is 18.2 Å². The van der Waals surface area contributed by atoms with Crippen LogP contribution in [0.2, 0.25) is 0 Å². The SMILES string of the molecule is O=[N+]([O-])c1cccc(-c2ccc([C@H]3CCCCN3)o2)c1. The van der Waals surface area contributed by atoms with Crippen LogP contribution in [0.4, 0.5) is 5.69 Å². The Morgan fingerprint density at radius 3 is 2.90 bits per heavy atom. The smallest absolute Gasteiger partial charge is 0.270 e. The Balaban J connectivity index is 1.85. The van der Waals surface area contributed by atoms with Crippen LogP contribution in [0.5, 0.6) is 0 Å². The first-order valence-corrected chi connectivity index (χ1v) is 6.82. The lowest BCUT2D eigenvalue weighted by Gasteiger charge is -2.21. The molecule has 1 aromatic carbocycles.